The number of nitro benzene ring substituents is 2. The Morgan fingerprint density at radius 3 is 1.92 bits per heavy atom. The van der Waals surface area contributed by atoms with Crippen LogP contribution in [0.25, 0.3) is 16.5 Å². The third kappa shape index (κ3) is 8.85. The van der Waals surface area contributed by atoms with Crippen molar-refractivity contribution in [1.82, 2.24) is 9.78 Å². The fourth-order valence-corrected chi connectivity index (χ4v) is 4.39. The molecule has 246 valence electrons. The first-order chi connectivity index (χ1) is 23.0. The number of hydrogen-bond acceptors (Lipinski definition) is 12. The average Bonchev–Trinajstić information content (AvgIpc) is 3.37. The van der Waals surface area contributed by atoms with E-state index >= 15 is 0 Å². The molecular formula is C32H24CrN8NaO8+. The predicted molar refractivity (Wildman–Crippen MR) is 175 cm³/mol. The van der Waals surface area contributed by atoms with E-state index < -0.39 is 15.4 Å². The molecule has 0 atom stereocenters. The van der Waals surface area contributed by atoms with Gasteiger partial charge in [0, 0.05) is 40.9 Å². The summed E-state index contributed by atoms with van der Waals surface area (Å²) in [6.45, 7) is 1.66. The summed E-state index contributed by atoms with van der Waals surface area (Å²) in [7, 11) is 0. The van der Waals surface area contributed by atoms with Crippen molar-refractivity contribution in [3.63, 3.8) is 0 Å². The normalized spacial score (nSPS) is 10.7. The standard InChI is InChI=1S/C16H13N5O4.C16H11N3O4.Cr.Na/c1-10-15(16(23)20(19-10)11-5-3-2-4-6-11)18-17-13-9-12(21(24)25)7-8-14(13)22;20-14-8-5-10-3-1-2-4-12(10)16(14)18-17-13-7-6-11(19(22)23)9-15(13)21;;/h2-9,19,22H,1H3;1-9,20-21H;;/q;;;+1. The van der Waals surface area contributed by atoms with Gasteiger partial charge in [-0.3, -0.25) is 30.1 Å². The van der Waals surface area contributed by atoms with Gasteiger partial charge in [0.15, 0.2) is 5.69 Å². The molecule has 18 heteroatoms. The molecule has 6 aromatic rings. The first-order valence-corrected chi connectivity index (χ1v) is 13.9. The van der Waals surface area contributed by atoms with Crippen LogP contribution in [0.2, 0.25) is 0 Å². The predicted octanol–water partition coefficient (Wildman–Crippen LogP) is 5.08. The third-order valence-corrected chi connectivity index (χ3v) is 6.79. The summed E-state index contributed by atoms with van der Waals surface area (Å²) in [5.41, 5.74) is 0.503. The summed E-state index contributed by atoms with van der Waals surface area (Å²) in [6.07, 6.45) is 0. The van der Waals surface area contributed by atoms with Gasteiger partial charge < -0.3 is 15.3 Å². The maximum atomic E-state index is 12.5. The number of aromatic amines is 1. The van der Waals surface area contributed by atoms with Gasteiger partial charge >= 0.3 is 29.6 Å². The van der Waals surface area contributed by atoms with Gasteiger partial charge in [-0.1, -0.05) is 48.5 Å². The molecule has 4 N–H and O–H groups in total. The van der Waals surface area contributed by atoms with Gasteiger partial charge in [0.2, 0.25) is 0 Å². The number of nitrogens with one attached hydrogen (secondary N) is 1. The number of fused-ring (bicyclic) bond motifs is 1. The Labute approximate surface area is 314 Å². The van der Waals surface area contributed by atoms with E-state index in [4.69, 9.17) is 0 Å². The van der Waals surface area contributed by atoms with E-state index in [0.717, 1.165) is 29.7 Å². The number of phenols is 3. The van der Waals surface area contributed by atoms with Gasteiger partial charge in [-0.2, -0.15) is 0 Å². The van der Waals surface area contributed by atoms with Crippen LogP contribution in [0.4, 0.5) is 34.1 Å². The minimum atomic E-state index is -0.614. The molecule has 16 nitrogen and oxygen atoms in total. The largest absolute Gasteiger partial charge is 1.00 e. The van der Waals surface area contributed by atoms with Crippen LogP contribution in [0, 0.1) is 27.2 Å². The zero-order chi connectivity index (χ0) is 34.4. The fraction of sp³-hybridized carbons (Fsp3) is 0.0312. The second-order valence-electron chi connectivity index (χ2n) is 9.98. The van der Waals surface area contributed by atoms with Crippen LogP contribution in [-0.2, 0) is 17.4 Å². The molecule has 0 fully saturated rings. The van der Waals surface area contributed by atoms with Crippen molar-refractivity contribution in [1.29, 1.82) is 0 Å². The fourth-order valence-electron chi connectivity index (χ4n) is 4.39. The summed E-state index contributed by atoms with van der Waals surface area (Å²) in [5, 5.41) is 70.9. The van der Waals surface area contributed by atoms with E-state index in [-0.39, 0.29) is 98.3 Å². The summed E-state index contributed by atoms with van der Waals surface area (Å²) >= 11 is 0. The molecule has 0 aliphatic carbocycles. The number of phenolic OH excluding ortho intramolecular Hbond substituents is 3. The van der Waals surface area contributed by atoms with E-state index in [1.165, 1.54) is 22.9 Å². The summed E-state index contributed by atoms with van der Waals surface area (Å²) in [4.78, 5) is 32.7. The number of benzene rings is 5. The van der Waals surface area contributed by atoms with Crippen molar-refractivity contribution in [2.75, 3.05) is 0 Å². The first-order valence-electron chi connectivity index (χ1n) is 13.9. The van der Waals surface area contributed by atoms with Crippen LogP contribution in [0.3, 0.4) is 0 Å². The Morgan fingerprint density at radius 2 is 1.24 bits per heavy atom. The number of non-ortho nitro benzene ring substituents is 2. The number of H-pyrrole nitrogens is 1. The van der Waals surface area contributed by atoms with Crippen LogP contribution in [0.5, 0.6) is 17.2 Å². The molecule has 0 aliphatic heterocycles. The van der Waals surface area contributed by atoms with E-state index in [9.17, 15) is 40.3 Å². The molecule has 0 saturated carbocycles. The number of rotatable bonds is 7. The number of aromatic hydroxyl groups is 3. The van der Waals surface area contributed by atoms with Gasteiger partial charge in [0.1, 0.15) is 34.3 Å². The minimum absolute atomic E-state index is 0. The van der Waals surface area contributed by atoms with Gasteiger partial charge in [-0.15, -0.1) is 20.5 Å². The van der Waals surface area contributed by atoms with Gasteiger partial charge in [0.25, 0.3) is 16.9 Å². The van der Waals surface area contributed by atoms with E-state index in [1.807, 2.05) is 24.3 Å². The van der Waals surface area contributed by atoms with Crippen LogP contribution in [0.1, 0.15) is 5.69 Å². The number of hydrogen-bond donors (Lipinski definition) is 4. The summed E-state index contributed by atoms with van der Waals surface area (Å²) in [5.74, 6) is -0.678. The summed E-state index contributed by atoms with van der Waals surface area (Å²) < 4.78 is 1.32. The van der Waals surface area contributed by atoms with E-state index in [1.54, 1.807) is 43.3 Å². The molecular weight excluding hydrogens is 699 g/mol. The van der Waals surface area contributed by atoms with Crippen LogP contribution in [0.15, 0.2) is 128 Å². The van der Waals surface area contributed by atoms with Gasteiger partial charge in [-0.05, 0) is 42.6 Å². The van der Waals surface area contributed by atoms with Crippen LogP contribution < -0.4 is 35.1 Å². The van der Waals surface area contributed by atoms with Crippen LogP contribution in [-0.4, -0.2) is 34.9 Å². The molecule has 50 heavy (non-hydrogen) atoms. The molecule has 5 aromatic carbocycles. The number of azo groups is 2. The Bertz CT molecular complexity index is 2290. The molecule has 0 amide bonds. The number of nitro groups is 2. The van der Waals surface area contributed by atoms with Gasteiger partial charge in [-0.25, -0.2) is 4.68 Å². The Balaban J connectivity index is 0.000000261. The van der Waals surface area contributed by atoms with E-state index in [0.29, 0.717) is 16.8 Å². The quantitative estimate of drug-likeness (QED) is 0.0749. The third-order valence-electron chi connectivity index (χ3n) is 6.79. The smallest absolute Gasteiger partial charge is 0.506 e. The van der Waals surface area contributed by atoms with Crippen molar-refractivity contribution in [3.8, 4) is 22.9 Å². The molecule has 0 saturated heterocycles. The van der Waals surface area contributed by atoms with Crippen molar-refractivity contribution < 1.29 is 72.1 Å². The van der Waals surface area contributed by atoms with Crippen molar-refractivity contribution >= 4 is 44.9 Å². The first kappa shape index (κ1) is 38.7. The molecule has 0 unspecified atom stereocenters. The topological polar surface area (TPSA) is 234 Å². The summed E-state index contributed by atoms with van der Waals surface area (Å²) in [6, 6.07) is 26.4. The molecule has 0 bridgehead atoms. The van der Waals surface area contributed by atoms with Crippen molar-refractivity contribution in [3.05, 3.63) is 139 Å². The Morgan fingerprint density at radius 1 is 0.660 bits per heavy atom. The van der Waals surface area contributed by atoms with Crippen molar-refractivity contribution in [2.24, 2.45) is 20.5 Å². The monoisotopic (exact) mass is 723 g/mol. The molecule has 0 aliphatic rings. The Hall–Kier alpha value is -5.70. The Kier molecular flexibility index (Phi) is 13.3. The second kappa shape index (κ2) is 17.1. The minimum Gasteiger partial charge on any atom is -0.506 e. The molecule has 1 heterocycles. The maximum Gasteiger partial charge on any atom is 1.00 e. The molecule has 6 rings (SSSR count). The van der Waals surface area contributed by atoms with Crippen molar-refractivity contribution in [2.45, 2.75) is 6.92 Å². The second-order valence-corrected chi connectivity index (χ2v) is 9.98. The number of aromatic nitrogens is 2. The van der Waals surface area contributed by atoms with E-state index in [2.05, 4.69) is 25.6 Å². The number of aryl methyl sites for hydroxylation is 1. The number of para-hydroxylation sites is 1. The maximum absolute atomic E-state index is 12.5. The molecule has 0 radical (unpaired) electrons. The van der Waals surface area contributed by atoms with Crippen LogP contribution >= 0.6 is 0 Å². The molecule has 1 aromatic heterocycles. The SMILES string of the molecule is Cc1[nH]n(-c2ccccc2)c(=O)c1N=Nc1cc([N+](=O)[O-])ccc1O.O=[N+]([O-])c1ccc(N=Nc2c(O)ccc3ccccc23)c(O)c1.[Cr].[Na+]. The number of nitrogens with zero attached hydrogens (tertiary/aromatic N) is 7. The molecule has 0 spiro atoms. The van der Waals surface area contributed by atoms with Gasteiger partial charge in [0.05, 0.1) is 27.3 Å². The average molecular weight is 724 g/mol. The zero-order valence-electron chi connectivity index (χ0n) is 26.2. The zero-order valence-corrected chi connectivity index (χ0v) is 29.5.